The summed E-state index contributed by atoms with van der Waals surface area (Å²) < 4.78 is 42.6. The first-order chi connectivity index (χ1) is 17.4. The predicted octanol–water partition coefficient (Wildman–Crippen LogP) is 6.63. The van der Waals surface area contributed by atoms with E-state index >= 15 is 0 Å². The van der Waals surface area contributed by atoms with Crippen LogP contribution < -0.4 is 10.2 Å². The van der Waals surface area contributed by atoms with Gasteiger partial charge in [-0.1, -0.05) is 29.8 Å². The summed E-state index contributed by atoms with van der Waals surface area (Å²) in [5.41, 5.74) is 0.312. The number of hydrogen-bond donors (Lipinski definition) is 1. The van der Waals surface area contributed by atoms with E-state index in [1.165, 1.54) is 13.0 Å². The summed E-state index contributed by atoms with van der Waals surface area (Å²) in [6.45, 7) is 6.80. The Hall–Kier alpha value is -3.37. The molecule has 1 N–H and O–H groups in total. The Bertz CT molecular complexity index is 1460. The number of halogens is 4. The van der Waals surface area contributed by atoms with Gasteiger partial charge < -0.3 is 5.32 Å². The third-order valence-electron chi connectivity index (χ3n) is 5.71. The summed E-state index contributed by atoms with van der Waals surface area (Å²) in [5, 5.41) is 7.53. The first kappa shape index (κ1) is 26.7. The van der Waals surface area contributed by atoms with E-state index in [0.29, 0.717) is 10.5 Å². The van der Waals surface area contributed by atoms with Gasteiger partial charge in [0.15, 0.2) is 0 Å². The van der Waals surface area contributed by atoms with Crippen molar-refractivity contribution < 1.29 is 22.8 Å². The number of para-hydroxylation sites is 1. The van der Waals surface area contributed by atoms with Gasteiger partial charge >= 0.3 is 6.18 Å². The molecular formula is C26H24ClF3N4O2S. The fourth-order valence-electron chi connectivity index (χ4n) is 3.93. The highest BCUT2D eigenvalue weighted by atomic mass is 35.5. The molecule has 0 radical (unpaired) electrons. The third-order valence-corrected chi connectivity index (χ3v) is 7.13. The maximum atomic E-state index is 13.9. The molecule has 194 valence electrons. The molecule has 0 unspecified atom stereocenters. The van der Waals surface area contributed by atoms with Crippen molar-refractivity contribution in [2.24, 2.45) is 0 Å². The molecule has 0 saturated carbocycles. The third kappa shape index (κ3) is 5.35. The number of carbonyl (C=O) groups is 2. The average molecular weight is 549 g/mol. The minimum Gasteiger partial charge on any atom is -0.352 e. The largest absolute Gasteiger partial charge is 0.417 e. The van der Waals surface area contributed by atoms with Crippen LogP contribution in [-0.4, -0.2) is 33.7 Å². The normalized spacial score (nSPS) is 12.7. The maximum absolute atomic E-state index is 13.9. The van der Waals surface area contributed by atoms with Crippen LogP contribution in [0.4, 0.5) is 18.9 Å². The Labute approximate surface area is 220 Å². The van der Waals surface area contributed by atoms with E-state index in [2.05, 4.69) is 10.4 Å². The minimum absolute atomic E-state index is 0.0907. The lowest BCUT2D eigenvalue weighted by Crippen LogP contribution is -2.49. The van der Waals surface area contributed by atoms with Gasteiger partial charge in [-0.15, -0.1) is 11.3 Å². The zero-order chi connectivity index (χ0) is 27.1. The number of aryl methyl sites for hydroxylation is 1. The number of anilines is 1. The Balaban J connectivity index is 1.83. The number of aromatic nitrogens is 2. The maximum Gasteiger partial charge on any atom is 0.417 e. The molecule has 0 bridgehead atoms. The Morgan fingerprint density at radius 2 is 1.76 bits per heavy atom. The first-order valence-electron chi connectivity index (χ1n) is 11.4. The van der Waals surface area contributed by atoms with Crippen LogP contribution in [0, 0.1) is 6.92 Å². The molecule has 0 aliphatic heterocycles. The quantitative estimate of drug-likeness (QED) is 0.294. The molecule has 4 aromatic rings. The molecule has 37 heavy (non-hydrogen) atoms. The number of carbonyl (C=O) groups excluding carboxylic acids is 2. The van der Waals surface area contributed by atoms with Gasteiger partial charge in [0.25, 0.3) is 5.91 Å². The topological polar surface area (TPSA) is 67.2 Å². The van der Waals surface area contributed by atoms with Crippen LogP contribution in [0.25, 0.3) is 15.9 Å². The smallest absolute Gasteiger partial charge is 0.352 e. The molecule has 0 saturated heterocycles. The Kier molecular flexibility index (Phi) is 7.34. The van der Waals surface area contributed by atoms with Crippen LogP contribution in [0.2, 0.25) is 5.02 Å². The number of rotatable bonds is 6. The van der Waals surface area contributed by atoms with Crippen molar-refractivity contribution >= 4 is 50.7 Å². The monoisotopic (exact) mass is 548 g/mol. The van der Waals surface area contributed by atoms with E-state index < -0.39 is 34.6 Å². The van der Waals surface area contributed by atoms with Crippen molar-refractivity contribution in [2.45, 2.75) is 46.0 Å². The SMILES string of the molecule is Cc1nn(-c2ccccc2)c2sc(C(=O)N(c3ccc(Cl)c(C(F)(F)F)c3)[C@@H](C)C(=O)NC(C)C)cc12. The fourth-order valence-corrected chi connectivity index (χ4v) is 5.28. The van der Waals surface area contributed by atoms with Crippen LogP contribution in [0.3, 0.4) is 0 Å². The van der Waals surface area contributed by atoms with E-state index in [-0.39, 0.29) is 16.6 Å². The van der Waals surface area contributed by atoms with Crippen molar-refractivity contribution in [2.75, 3.05) is 4.90 Å². The van der Waals surface area contributed by atoms with Gasteiger partial charge in [-0.3, -0.25) is 14.5 Å². The molecule has 2 aromatic carbocycles. The van der Waals surface area contributed by atoms with Gasteiger partial charge in [0, 0.05) is 17.1 Å². The molecule has 1 atom stereocenters. The fraction of sp³-hybridized carbons (Fsp3) is 0.269. The van der Waals surface area contributed by atoms with Crippen LogP contribution in [0.5, 0.6) is 0 Å². The minimum atomic E-state index is -4.74. The Morgan fingerprint density at radius 1 is 1.08 bits per heavy atom. The van der Waals surface area contributed by atoms with Gasteiger partial charge in [0.2, 0.25) is 5.91 Å². The number of benzene rings is 2. The van der Waals surface area contributed by atoms with Gasteiger partial charge in [-0.2, -0.15) is 18.3 Å². The number of alkyl halides is 3. The summed E-state index contributed by atoms with van der Waals surface area (Å²) in [5.74, 6) is -1.11. The summed E-state index contributed by atoms with van der Waals surface area (Å²) in [6.07, 6.45) is -4.74. The van der Waals surface area contributed by atoms with Crippen molar-refractivity contribution in [1.82, 2.24) is 15.1 Å². The summed E-state index contributed by atoms with van der Waals surface area (Å²) in [4.78, 5) is 28.8. The van der Waals surface area contributed by atoms with Crippen molar-refractivity contribution in [3.8, 4) is 5.69 Å². The summed E-state index contributed by atoms with van der Waals surface area (Å²) >= 11 is 6.97. The van der Waals surface area contributed by atoms with E-state index in [1.807, 2.05) is 37.3 Å². The summed E-state index contributed by atoms with van der Waals surface area (Å²) in [6, 6.07) is 12.9. The molecule has 0 spiro atoms. The number of amides is 2. The number of nitrogens with one attached hydrogen (secondary N) is 1. The highest BCUT2D eigenvalue weighted by Crippen LogP contribution is 2.38. The Morgan fingerprint density at radius 3 is 2.38 bits per heavy atom. The number of hydrogen-bond acceptors (Lipinski definition) is 4. The molecule has 0 aliphatic rings. The number of thiophene rings is 1. The molecule has 6 nitrogen and oxygen atoms in total. The van der Waals surface area contributed by atoms with Gasteiger partial charge in [-0.25, -0.2) is 4.68 Å². The van der Waals surface area contributed by atoms with E-state index in [9.17, 15) is 22.8 Å². The molecule has 2 heterocycles. The summed E-state index contributed by atoms with van der Waals surface area (Å²) in [7, 11) is 0. The second kappa shape index (κ2) is 10.2. The molecule has 0 fully saturated rings. The molecular weight excluding hydrogens is 525 g/mol. The lowest BCUT2D eigenvalue weighted by molar-refractivity contribution is -0.137. The number of fused-ring (bicyclic) bond motifs is 1. The van der Waals surface area contributed by atoms with Crippen LogP contribution in [0.1, 0.15) is 41.7 Å². The molecule has 2 amide bonds. The second-order valence-corrected chi connectivity index (χ2v) is 10.3. The zero-order valence-electron chi connectivity index (χ0n) is 20.4. The van der Waals surface area contributed by atoms with E-state index in [1.54, 1.807) is 24.6 Å². The lowest BCUT2D eigenvalue weighted by Gasteiger charge is -2.29. The molecule has 4 rings (SSSR count). The van der Waals surface area contributed by atoms with Crippen molar-refractivity contribution in [3.05, 3.63) is 75.8 Å². The van der Waals surface area contributed by atoms with Crippen molar-refractivity contribution in [1.29, 1.82) is 0 Å². The highest BCUT2D eigenvalue weighted by molar-refractivity contribution is 7.20. The predicted molar refractivity (Wildman–Crippen MR) is 140 cm³/mol. The van der Waals surface area contributed by atoms with E-state index in [4.69, 9.17) is 11.6 Å². The van der Waals surface area contributed by atoms with E-state index in [0.717, 1.165) is 39.4 Å². The number of nitrogens with zero attached hydrogens (tertiary/aromatic N) is 3. The van der Waals surface area contributed by atoms with Gasteiger partial charge in [0.1, 0.15) is 10.9 Å². The van der Waals surface area contributed by atoms with Gasteiger partial charge in [-0.05, 0) is 64.1 Å². The van der Waals surface area contributed by atoms with Crippen LogP contribution in [-0.2, 0) is 11.0 Å². The zero-order valence-corrected chi connectivity index (χ0v) is 22.0. The van der Waals surface area contributed by atoms with Gasteiger partial charge in [0.05, 0.1) is 26.8 Å². The second-order valence-electron chi connectivity index (χ2n) is 8.84. The first-order valence-corrected chi connectivity index (χ1v) is 12.6. The lowest BCUT2D eigenvalue weighted by atomic mass is 10.1. The average Bonchev–Trinajstić information content (AvgIpc) is 3.40. The molecule has 11 heteroatoms. The molecule has 0 aliphatic carbocycles. The molecule has 2 aromatic heterocycles. The highest BCUT2D eigenvalue weighted by Gasteiger charge is 2.36. The van der Waals surface area contributed by atoms with Crippen molar-refractivity contribution in [3.63, 3.8) is 0 Å². The standard InChI is InChI=1S/C26H24ClF3N4O2S/c1-14(2)31-23(35)16(4)33(18-10-11-21(27)20(12-18)26(28,29)30)24(36)22-13-19-15(3)32-34(25(19)37-22)17-8-6-5-7-9-17/h5-14,16H,1-4H3,(H,31,35)/t16-/m0/s1. The van der Waals surface area contributed by atoms with Crippen LogP contribution >= 0.6 is 22.9 Å². The van der Waals surface area contributed by atoms with Crippen LogP contribution in [0.15, 0.2) is 54.6 Å².